The van der Waals surface area contributed by atoms with E-state index in [1.54, 1.807) is 24.3 Å². The number of urea groups is 1. The Hall–Kier alpha value is -3.76. The van der Waals surface area contributed by atoms with E-state index in [2.05, 4.69) is 20.7 Å². The molecule has 0 aromatic heterocycles. The monoisotopic (exact) mass is 589 g/mol. The van der Waals surface area contributed by atoms with E-state index in [1.165, 1.54) is 44.2 Å². The Morgan fingerprint density at radius 2 is 1.57 bits per heavy atom. The first-order chi connectivity index (χ1) is 20.1. The maximum absolute atomic E-state index is 13.1. The van der Waals surface area contributed by atoms with Crippen LogP contribution in [0.3, 0.4) is 0 Å². The molecule has 1 atom stereocenters. The number of carbonyl (C=O) groups is 3. The van der Waals surface area contributed by atoms with Crippen molar-refractivity contribution in [3.8, 4) is 5.75 Å². The minimum atomic E-state index is -4.85. The number of benzene rings is 2. The molecular formula is C31H38F3N3O5. The summed E-state index contributed by atoms with van der Waals surface area (Å²) in [6.45, 7) is 0.0136. The highest BCUT2D eigenvalue weighted by atomic mass is 19.4. The van der Waals surface area contributed by atoms with Crippen molar-refractivity contribution >= 4 is 23.6 Å². The smallest absolute Gasteiger partial charge is 0.481 e. The van der Waals surface area contributed by atoms with E-state index in [9.17, 15) is 27.6 Å². The topological polar surface area (TPSA) is 117 Å². The second-order valence-electron chi connectivity index (χ2n) is 11.2. The van der Waals surface area contributed by atoms with Gasteiger partial charge in [-0.1, -0.05) is 50.3 Å². The Balaban J connectivity index is 1.45. The van der Waals surface area contributed by atoms with Gasteiger partial charge >= 0.3 is 18.4 Å². The highest BCUT2D eigenvalue weighted by Gasteiger charge is 2.34. The number of carboxylic acids is 1. The number of amides is 3. The van der Waals surface area contributed by atoms with Crippen molar-refractivity contribution in [2.45, 2.75) is 76.6 Å². The molecule has 0 aliphatic heterocycles. The Bertz CT molecular complexity index is 1210. The number of hydrogen-bond donors (Lipinski definition) is 4. The molecule has 1 unspecified atom stereocenters. The van der Waals surface area contributed by atoms with Crippen LogP contribution in [0.5, 0.6) is 5.75 Å². The lowest BCUT2D eigenvalue weighted by Crippen LogP contribution is -2.38. The summed E-state index contributed by atoms with van der Waals surface area (Å²) in [5, 5.41) is 17.0. The van der Waals surface area contributed by atoms with Gasteiger partial charge in [0.1, 0.15) is 5.75 Å². The summed E-state index contributed by atoms with van der Waals surface area (Å²) < 4.78 is 41.9. The quantitative estimate of drug-likeness (QED) is 0.237. The molecule has 2 saturated carbocycles. The average molecular weight is 590 g/mol. The van der Waals surface area contributed by atoms with Crippen LogP contribution in [0.1, 0.15) is 86.2 Å². The zero-order valence-electron chi connectivity index (χ0n) is 23.4. The molecule has 42 heavy (non-hydrogen) atoms. The van der Waals surface area contributed by atoms with Gasteiger partial charge in [0.05, 0.1) is 12.5 Å². The number of anilines is 1. The van der Waals surface area contributed by atoms with Gasteiger partial charge in [0.2, 0.25) is 0 Å². The summed E-state index contributed by atoms with van der Waals surface area (Å²) in [6, 6.07) is 11.0. The molecule has 0 spiro atoms. The highest BCUT2D eigenvalue weighted by molar-refractivity contribution is 5.94. The molecule has 3 amide bonds. The van der Waals surface area contributed by atoms with Crippen LogP contribution in [-0.2, 0) is 4.79 Å². The minimum absolute atomic E-state index is 0.0136. The van der Waals surface area contributed by atoms with Gasteiger partial charge in [-0.3, -0.25) is 9.59 Å². The van der Waals surface area contributed by atoms with Gasteiger partial charge in [0, 0.05) is 23.9 Å². The van der Waals surface area contributed by atoms with Crippen LogP contribution in [0.4, 0.5) is 23.7 Å². The fourth-order valence-electron chi connectivity index (χ4n) is 6.33. The zero-order valence-corrected chi connectivity index (χ0v) is 23.4. The normalized spacial score (nSPS) is 20.3. The molecule has 4 rings (SSSR count). The lowest BCUT2D eigenvalue weighted by atomic mass is 9.69. The number of aliphatic carboxylic acids is 1. The van der Waals surface area contributed by atoms with Crippen molar-refractivity contribution in [1.29, 1.82) is 0 Å². The van der Waals surface area contributed by atoms with Gasteiger partial charge in [-0.2, -0.15) is 0 Å². The third-order valence-corrected chi connectivity index (χ3v) is 8.37. The van der Waals surface area contributed by atoms with Crippen LogP contribution >= 0.6 is 0 Å². The second-order valence-corrected chi connectivity index (χ2v) is 11.2. The largest absolute Gasteiger partial charge is 0.573 e. The van der Waals surface area contributed by atoms with Crippen LogP contribution in [0.25, 0.3) is 0 Å². The molecule has 2 aliphatic rings. The number of ether oxygens (including phenoxy) is 1. The first kappa shape index (κ1) is 31.2. The predicted molar refractivity (Wildman–Crippen MR) is 151 cm³/mol. The Labute approximate surface area is 243 Å². The molecule has 0 radical (unpaired) electrons. The number of hydrogen-bond acceptors (Lipinski definition) is 4. The molecule has 0 bridgehead atoms. The molecule has 2 aliphatic carbocycles. The van der Waals surface area contributed by atoms with Crippen LogP contribution in [0.15, 0.2) is 48.5 Å². The van der Waals surface area contributed by atoms with E-state index in [0.29, 0.717) is 11.5 Å². The van der Waals surface area contributed by atoms with Crippen molar-refractivity contribution in [1.82, 2.24) is 10.6 Å². The number of carboxylic acid groups (broad SMARTS) is 1. The third-order valence-electron chi connectivity index (χ3n) is 8.37. The van der Waals surface area contributed by atoms with Gasteiger partial charge in [-0.25, -0.2) is 4.79 Å². The molecule has 2 fully saturated rings. The zero-order chi connectivity index (χ0) is 30.1. The molecule has 228 valence electrons. The van der Waals surface area contributed by atoms with Crippen molar-refractivity contribution in [3.05, 3.63) is 59.7 Å². The van der Waals surface area contributed by atoms with Crippen molar-refractivity contribution < 1.29 is 37.4 Å². The summed E-state index contributed by atoms with van der Waals surface area (Å²) in [4.78, 5) is 36.3. The van der Waals surface area contributed by atoms with Crippen LogP contribution in [0.2, 0.25) is 0 Å². The van der Waals surface area contributed by atoms with Crippen LogP contribution in [-0.4, -0.2) is 35.9 Å². The molecule has 2 aromatic carbocycles. The van der Waals surface area contributed by atoms with Crippen LogP contribution in [0, 0.1) is 17.8 Å². The minimum Gasteiger partial charge on any atom is -0.481 e. The fraction of sp³-hybridized carbons (Fsp3) is 0.516. The second kappa shape index (κ2) is 14.4. The van der Waals surface area contributed by atoms with E-state index in [4.69, 9.17) is 5.11 Å². The van der Waals surface area contributed by atoms with Gasteiger partial charge in [-0.15, -0.1) is 13.2 Å². The average Bonchev–Trinajstić information content (AvgIpc) is 2.96. The summed E-state index contributed by atoms with van der Waals surface area (Å²) in [5.41, 5.74) is 1.33. The maximum atomic E-state index is 13.1. The first-order valence-corrected chi connectivity index (χ1v) is 14.6. The summed E-state index contributed by atoms with van der Waals surface area (Å²) in [7, 11) is 0. The van der Waals surface area contributed by atoms with Crippen molar-refractivity contribution in [2.24, 2.45) is 17.8 Å². The summed E-state index contributed by atoms with van der Waals surface area (Å²) >= 11 is 0. The standard InChI is InChI=1S/C31H38F3N3O5/c32-31(33,34)42-26-8-4-7-25(19-26)36-30(41)37-28(22-11-9-21(10-12-22)20-5-2-1-3-6-20)23-13-15-24(16-14-23)29(40)35-18-17-27(38)39/h4,7-8,13-16,19-22,28H,1-3,5-6,9-12,17-18H2,(H,35,40)(H,38,39)(H2,36,37,41). The maximum Gasteiger partial charge on any atom is 0.573 e. The first-order valence-electron chi connectivity index (χ1n) is 14.6. The molecule has 11 heteroatoms. The lowest BCUT2D eigenvalue weighted by molar-refractivity contribution is -0.274. The van der Waals surface area contributed by atoms with Crippen LogP contribution < -0.4 is 20.7 Å². The summed E-state index contributed by atoms with van der Waals surface area (Å²) in [5.74, 6) is -0.237. The number of halogens is 3. The molecule has 0 saturated heterocycles. The van der Waals surface area contributed by atoms with E-state index >= 15 is 0 Å². The van der Waals surface area contributed by atoms with E-state index in [-0.39, 0.29) is 36.5 Å². The Morgan fingerprint density at radius 3 is 2.21 bits per heavy atom. The van der Waals surface area contributed by atoms with E-state index in [1.807, 2.05) is 0 Å². The molecule has 0 heterocycles. The van der Waals surface area contributed by atoms with Gasteiger partial charge in [0.15, 0.2) is 0 Å². The van der Waals surface area contributed by atoms with Gasteiger partial charge < -0.3 is 25.8 Å². The van der Waals surface area contributed by atoms with E-state index < -0.39 is 24.1 Å². The van der Waals surface area contributed by atoms with E-state index in [0.717, 1.165) is 49.3 Å². The number of rotatable bonds is 10. The number of nitrogens with one attached hydrogen (secondary N) is 3. The third kappa shape index (κ3) is 9.39. The molecule has 2 aromatic rings. The van der Waals surface area contributed by atoms with Crippen molar-refractivity contribution in [2.75, 3.05) is 11.9 Å². The van der Waals surface area contributed by atoms with Gasteiger partial charge in [-0.05, 0) is 73.3 Å². The highest BCUT2D eigenvalue weighted by Crippen LogP contribution is 2.43. The molecule has 8 nitrogen and oxygen atoms in total. The molecular weight excluding hydrogens is 551 g/mol. The predicted octanol–water partition coefficient (Wildman–Crippen LogP) is 7.04. The van der Waals surface area contributed by atoms with Gasteiger partial charge in [0.25, 0.3) is 5.91 Å². The molecule has 4 N–H and O–H groups in total. The number of carbonyl (C=O) groups excluding carboxylic acids is 2. The Morgan fingerprint density at radius 1 is 0.905 bits per heavy atom. The Kier molecular flexibility index (Phi) is 10.7. The number of alkyl halides is 3. The lowest BCUT2D eigenvalue weighted by Gasteiger charge is -2.38. The summed E-state index contributed by atoms with van der Waals surface area (Å²) in [6.07, 6.45) is 5.45. The van der Waals surface area contributed by atoms with Crippen molar-refractivity contribution in [3.63, 3.8) is 0 Å². The fourth-order valence-corrected chi connectivity index (χ4v) is 6.33. The SMILES string of the molecule is O=C(O)CCNC(=O)c1ccc(C(NC(=O)Nc2cccc(OC(F)(F)F)c2)C2CCC(C3CCCCC3)CC2)cc1.